The predicted octanol–water partition coefficient (Wildman–Crippen LogP) is 5.18. The number of aromatic amines is 1. The van der Waals surface area contributed by atoms with Crippen LogP contribution in [0.4, 0.5) is 5.69 Å². The minimum Gasteiger partial charge on any atom is -0.354 e. The van der Waals surface area contributed by atoms with E-state index in [1.807, 2.05) is 11.6 Å². The minimum absolute atomic E-state index is 0.0778. The van der Waals surface area contributed by atoms with Crippen molar-refractivity contribution in [2.75, 3.05) is 4.90 Å². The van der Waals surface area contributed by atoms with E-state index in [2.05, 4.69) is 81.7 Å². The number of hydrogen-bond acceptors (Lipinski definition) is 5. The number of benzene rings is 2. The lowest BCUT2D eigenvalue weighted by Crippen LogP contribution is -2.39. The number of para-hydroxylation sites is 1. The van der Waals surface area contributed by atoms with Crippen molar-refractivity contribution in [2.45, 2.75) is 77.4 Å². The van der Waals surface area contributed by atoms with Crippen molar-refractivity contribution in [3.8, 4) is 0 Å². The molecule has 1 aliphatic heterocycles. The van der Waals surface area contributed by atoms with Gasteiger partial charge in [-0.3, -0.25) is 4.79 Å². The van der Waals surface area contributed by atoms with Gasteiger partial charge in [0.2, 0.25) is 0 Å². The summed E-state index contributed by atoms with van der Waals surface area (Å²) < 4.78 is 2.02. The van der Waals surface area contributed by atoms with Crippen LogP contribution in [0, 0.1) is 13.8 Å². The smallest absolute Gasteiger partial charge is 0.254 e. The van der Waals surface area contributed by atoms with Crippen LogP contribution in [0.25, 0.3) is 10.9 Å². The van der Waals surface area contributed by atoms with Crippen molar-refractivity contribution in [3.63, 3.8) is 0 Å². The second kappa shape index (κ2) is 8.63. The zero-order valence-electron chi connectivity index (χ0n) is 20.7. The van der Waals surface area contributed by atoms with Gasteiger partial charge in [-0.15, -0.1) is 5.10 Å². The van der Waals surface area contributed by atoms with Crippen LogP contribution in [0.1, 0.15) is 79.2 Å². The number of aromatic nitrogens is 5. The third kappa shape index (κ3) is 3.65. The lowest BCUT2D eigenvalue weighted by atomic mass is 9.94. The van der Waals surface area contributed by atoms with Crippen molar-refractivity contribution < 1.29 is 0 Å². The topological polar surface area (TPSA) is 79.7 Å². The van der Waals surface area contributed by atoms with Gasteiger partial charge in [0.1, 0.15) is 6.04 Å². The van der Waals surface area contributed by atoms with Crippen molar-refractivity contribution in [1.82, 2.24) is 25.2 Å². The Morgan fingerprint density at radius 1 is 1.03 bits per heavy atom. The third-order valence-electron chi connectivity index (χ3n) is 7.99. The van der Waals surface area contributed by atoms with Crippen molar-refractivity contribution in [2.24, 2.45) is 0 Å². The Bertz CT molecular complexity index is 1450. The molecule has 0 bridgehead atoms. The fraction of sp³-hybridized carbons (Fsp3) is 0.429. The molecule has 35 heavy (non-hydrogen) atoms. The lowest BCUT2D eigenvalue weighted by molar-refractivity contribution is 0.312. The second-order valence-electron chi connectivity index (χ2n) is 10.3. The molecule has 180 valence electrons. The van der Waals surface area contributed by atoms with Crippen LogP contribution in [0.2, 0.25) is 0 Å². The fourth-order valence-corrected chi connectivity index (χ4v) is 6.16. The summed E-state index contributed by atoms with van der Waals surface area (Å²) in [6, 6.07) is 14.9. The average Bonchev–Trinajstić information content (AvgIpc) is 3.48. The summed E-state index contributed by atoms with van der Waals surface area (Å²) in [7, 11) is 0. The molecule has 3 heterocycles. The molecule has 4 aromatic rings. The zero-order valence-corrected chi connectivity index (χ0v) is 20.7. The second-order valence-corrected chi connectivity index (χ2v) is 10.3. The minimum atomic E-state index is -0.376. The fourth-order valence-electron chi connectivity index (χ4n) is 6.16. The van der Waals surface area contributed by atoms with Gasteiger partial charge in [0.15, 0.2) is 5.82 Å². The van der Waals surface area contributed by atoms with Gasteiger partial charge in [-0.05, 0) is 79.3 Å². The van der Waals surface area contributed by atoms with Gasteiger partial charge in [0.25, 0.3) is 5.56 Å². The molecule has 0 radical (unpaired) electrons. The van der Waals surface area contributed by atoms with Crippen molar-refractivity contribution in [1.29, 1.82) is 0 Å². The van der Waals surface area contributed by atoms with Crippen LogP contribution in [0.3, 0.4) is 0 Å². The quantitative estimate of drug-likeness (QED) is 0.447. The monoisotopic (exact) mass is 468 g/mol. The number of fused-ring (bicyclic) bond motifs is 2. The maximum Gasteiger partial charge on any atom is 0.254 e. The number of tetrazole rings is 1. The molecule has 1 aliphatic carbocycles. The first-order chi connectivity index (χ1) is 17.0. The van der Waals surface area contributed by atoms with E-state index in [0.29, 0.717) is 5.56 Å². The van der Waals surface area contributed by atoms with Crippen LogP contribution < -0.4 is 10.5 Å². The Hall–Kier alpha value is -3.48. The van der Waals surface area contributed by atoms with Crippen LogP contribution in [-0.4, -0.2) is 31.2 Å². The molecule has 0 unspecified atom stereocenters. The molecule has 1 fully saturated rings. The molecule has 6 rings (SSSR count). The van der Waals surface area contributed by atoms with E-state index in [1.165, 1.54) is 24.8 Å². The first kappa shape index (κ1) is 22.0. The summed E-state index contributed by atoms with van der Waals surface area (Å²) in [5.41, 5.74) is 6.18. The lowest BCUT2D eigenvalue weighted by Gasteiger charge is -2.34. The molecular formula is C28H32N6O. The summed E-state index contributed by atoms with van der Waals surface area (Å²) in [5, 5.41) is 14.3. The average molecular weight is 469 g/mol. The molecule has 0 saturated heterocycles. The van der Waals surface area contributed by atoms with Crippen LogP contribution in [-0.2, 0) is 6.42 Å². The van der Waals surface area contributed by atoms with Crippen LogP contribution >= 0.6 is 0 Å². The highest BCUT2D eigenvalue weighted by Gasteiger charge is 2.39. The summed E-state index contributed by atoms with van der Waals surface area (Å²) in [6.45, 7) is 6.36. The molecule has 0 spiro atoms. The number of H-pyrrole nitrogens is 1. The Kier molecular flexibility index (Phi) is 5.43. The number of hydrogen-bond donors (Lipinski definition) is 1. The number of rotatable bonds is 4. The summed E-state index contributed by atoms with van der Waals surface area (Å²) in [6.07, 6.45) is 6.71. The molecule has 1 N–H and O–H groups in total. The number of nitrogens with one attached hydrogen (secondary N) is 1. The Morgan fingerprint density at radius 2 is 1.80 bits per heavy atom. The largest absolute Gasteiger partial charge is 0.354 e. The number of anilines is 1. The molecule has 1 saturated carbocycles. The van der Waals surface area contributed by atoms with E-state index in [-0.39, 0.29) is 23.7 Å². The van der Waals surface area contributed by atoms with Gasteiger partial charge in [0.05, 0.1) is 11.6 Å². The van der Waals surface area contributed by atoms with Crippen molar-refractivity contribution >= 4 is 16.6 Å². The highest BCUT2D eigenvalue weighted by molar-refractivity contribution is 5.85. The van der Waals surface area contributed by atoms with E-state index in [9.17, 15) is 4.79 Å². The van der Waals surface area contributed by atoms with Gasteiger partial charge in [-0.25, -0.2) is 4.68 Å². The van der Waals surface area contributed by atoms with Gasteiger partial charge in [-0.1, -0.05) is 49.6 Å². The maximum absolute atomic E-state index is 13.7. The Balaban J connectivity index is 1.59. The maximum atomic E-state index is 13.7. The van der Waals surface area contributed by atoms with Crippen LogP contribution in [0.15, 0.2) is 47.3 Å². The Morgan fingerprint density at radius 3 is 2.63 bits per heavy atom. The predicted molar refractivity (Wildman–Crippen MR) is 138 cm³/mol. The SMILES string of the molecule is Cc1ccc(C)c2[nH]c(=O)c([C@H](c3nnnn3C3CCCCC3)N3c4ccccc4C[C@H]3C)cc12. The highest BCUT2D eigenvalue weighted by atomic mass is 16.1. The number of aryl methyl sites for hydroxylation is 2. The molecule has 7 nitrogen and oxygen atoms in total. The first-order valence-corrected chi connectivity index (χ1v) is 12.8. The summed E-state index contributed by atoms with van der Waals surface area (Å²) in [4.78, 5) is 19.3. The van der Waals surface area contributed by atoms with Gasteiger partial charge in [-0.2, -0.15) is 0 Å². The molecule has 2 aliphatic rings. The molecule has 2 aromatic carbocycles. The van der Waals surface area contributed by atoms with Gasteiger partial charge >= 0.3 is 0 Å². The van der Waals surface area contributed by atoms with Crippen LogP contribution in [0.5, 0.6) is 0 Å². The van der Waals surface area contributed by atoms with Gasteiger partial charge < -0.3 is 9.88 Å². The Labute approximate surface area is 205 Å². The van der Waals surface area contributed by atoms with E-state index in [1.54, 1.807) is 0 Å². The molecule has 7 heteroatoms. The zero-order chi connectivity index (χ0) is 24.1. The van der Waals surface area contributed by atoms with Gasteiger partial charge in [0, 0.05) is 22.7 Å². The number of nitrogens with zero attached hydrogens (tertiary/aromatic N) is 5. The molecule has 2 atom stereocenters. The van der Waals surface area contributed by atoms with E-state index < -0.39 is 0 Å². The summed E-state index contributed by atoms with van der Waals surface area (Å²) >= 11 is 0. The van der Waals surface area contributed by atoms with E-state index in [0.717, 1.165) is 52.8 Å². The molecular weight excluding hydrogens is 436 g/mol. The standard InChI is InChI=1S/C28H32N6O/c1-17-13-14-18(2)25-22(17)16-23(28(35)29-25)26(33-19(3)15-20-9-7-8-12-24(20)33)27-30-31-32-34(27)21-10-5-4-6-11-21/h7-9,12-14,16,19,21,26H,4-6,10-11,15H2,1-3H3,(H,29,35)/t19-,26-/m1/s1. The van der Waals surface area contributed by atoms with E-state index >= 15 is 0 Å². The van der Waals surface area contributed by atoms with Crippen molar-refractivity contribution in [3.05, 3.63) is 80.9 Å². The molecule has 2 aromatic heterocycles. The highest BCUT2D eigenvalue weighted by Crippen LogP contribution is 2.42. The first-order valence-electron chi connectivity index (χ1n) is 12.8. The number of pyridine rings is 1. The third-order valence-corrected chi connectivity index (χ3v) is 7.99. The normalized spacial score (nSPS) is 19.3. The summed E-state index contributed by atoms with van der Waals surface area (Å²) in [5.74, 6) is 0.760. The van der Waals surface area contributed by atoms with E-state index in [4.69, 9.17) is 0 Å². The molecule has 0 amide bonds.